The molecule has 2 aromatic carbocycles. The average molecular weight is 227 g/mol. The molecule has 1 aliphatic rings. The van der Waals surface area contributed by atoms with Crippen molar-refractivity contribution < 1.29 is 9.13 Å². The Labute approximate surface area is 98.4 Å². The van der Waals surface area contributed by atoms with Crippen LogP contribution in [-0.4, -0.2) is 5.90 Å². The van der Waals surface area contributed by atoms with Gasteiger partial charge in [-0.2, -0.15) is 0 Å². The summed E-state index contributed by atoms with van der Waals surface area (Å²) in [5, 5.41) is 0. The van der Waals surface area contributed by atoms with Crippen LogP contribution in [-0.2, 0) is 11.3 Å². The molecule has 0 radical (unpaired) electrons. The molecule has 0 saturated carbocycles. The average Bonchev–Trinajstić information content (AvgIpc) is 2.39. The summed E-state index contributed by atoms with van der Waals surface area (Å²) < 4.78 is 18.4. The van der Waals surface area contributed by atoms with E-state index in [1.54, 1.807) is 12.1 Å². The number of halogens is 1. The number of aliphatic imine (C=N–C) groups is 1. The summed E-state index contributed by atoms with van der Waals surface area (Å²) in [7, 11) is 0. The molecule has 2 nitrogen and oxygen atoms in total. The van der Waals surface area contributed by atoms with Crippen molar-refractivity contribution in [3.8, 4) is 0 Å². The predicted octanol–water partition coefficient (Wildman–Crippen LogP) is 3.43. The molecule has 2 aromatic rings. The van der Waals surface area contributed by atoms with Gasteiger partial charge in [0.15, 0.2) is 0 Å². The predicted molar refractivity (Wildman–Crippen MR) is 63.8 cm³/mol. The highest BCUT2D eigenvalue weighted by atomic mass is 19.1. The molecule has 0 aromatic heterocycles. The lowest BCUT2D eigenvalue weighted by Gasteiger charge is -2.16. The number of fused-ring (bicyclic) bond motifs is 1. The first-order valence-corrected chi connectivity index (χ1v) is 5.38. The van der Waals surface area contributed by atoms with E-state index >= 15 is 0 Å². The number of rotatable bonds is 1. The van der Waals surface area contributed by atoms with Crippen LogP contribution in [0.5, 0.6) is 0 Å². The van der Waals surface area contributed by atoms with Gasteiger partial charge in [0.2, 0.25) is 5.90 Å². The van der Waals surface area contributed by atoms with E-state index < -0.39 is 0 Å². The van der Waals surface area contributed by atoms with Gasteiger partial charge in [0.25, 0.3) is 0 Å². The Morgan fingerprint density at radius 3 is 2.59 bits per heavy atom. The van der Waals surface area contributed by atoms with Gasteiger partial charge in [-0.15, -0.1) is 0 Å². The smallest absolute Gasteiger partial charge is 0.221 e. The third-order valence-corrected chi connectivity index (χ3v) is 2.67. The van der Waals surface area contributed by atoms with Crippen LogP contribution in [0.25, 0.3) is 0 Å². The van der Waals surface area contributed by atoms with Gasteiger partial charge in [-0.3, -0.25) is 0 Å². The van der Waals surface area contributed by atoms with Gasteiger partial charge in [-0.25, -0.2) is 9.38 Å². The van der Waals surface area contributed by atoms with E-state index in [1.807, 2.05) is 24.3 Å². The third kappa shape index (κ3) is 1.91. The monoisotopic (exact) mass is 227 g/mol. The highest BCUT2D eigenvalue weighted by Gasteiger charge is 2.13. The van der Waals surface area contributed by atoms with Crippen LogP contribution in [0.15, 0.2) is 53.5 Å². The van der Waals surface area contributed by atoms with Gasteiger partial charge >= 0.3 is 0 Å². The minimum Gasteiger partial charge on any atom is -0.472 e. The fourth-order valence-electron chi connectivity index (χ4n) is 1.77. The second-order valence-electron chi connectivity index (χ2n) is 3.84. The highest BCUT2D eigenvalue weighted by Crippen LogP contribution is 2.25. The van der Waals surface area contributed by atoms with E-state index in [9.17, 15) is 4.39 Å². The fraction of sp³-hybridized carbons (Fsp3) is 0.0714. The molecule has 1 heterocycles. The number of benzene rings is 2. The Hall–Kier alpha value is -2.16. The normalized spacial score (nSPS) is 13.6. The van der Waals surface area contributed by atoms with Crippen LogP contribution in [0.3, 0.4) is 0 Å². The lowest BCUT2D eigenvalue weighted by Crippen LogP contribution is -2.10. The quantitative estimate of drug-likeness (QED) is 0.731. The van der Waals surface area contributed by atoms with Crippen LogP contribution in [0.1, 0.15) is 11.1 Å². The summed E-state index contributed by atoms with van der Waals surface area (Å²) in [5.41, 5.74) is 2.78. The zero-order chi connectivity index (χ0) is 11.7. The third-order valence-electron chi connectivity index (χ3n) is 2.67. The van der Waals surface area contributed by atoms with Crippen LogP contribution in [0.4, 0.5) is 10.1 Å². The van der Waals surface area contributed by atoms with Gasteiger partial charge < -0.3 is 4.74 Å². The zero-order valence-electron chi connectivity index (χ0n) is 9.06. The lowest BCUT2D eigenvalue weighted by molar-refractivity contribution is 0.288. The maximum Gasteiger partial charge on any atom is 0.221 e. The van der Waals surface area contributed by atoms with Gasteiger partial charge in [-0.1, -0.05) is 18.2 Å². The minimum atomic E-state index is -0.259. The molecule has 1 aliphatic heterocycles. The first-order valence-electron chi connectivity index (χ1n) is 5.38. The van der Waals surface area contributed by atoms with Crippen molar-refractivity contribution in [2.45, 2.75) is 6.61 Å². The summed E-state index contributed by atoms with van der Waals surface area (Å²) >= 11 is 0. The topological polar surface area (TPSA) is 21.6 Å². The minimum absolute atomic E-state index is 0.259. The molecular weight excluding hydrogens is 217 g/mol. The molecule has 0 saturated heterocycles. The molecule has 17 heavy (non-hydrogen) atoms. The second-order valence-corrected chi connectivity index (χ2v) is 3.84. The summed E-state index contributed by atoms with van der Waals surface area (Å²) in [5.74, 6) is 0.286. The molecule has 0 unspecified atom stereocenters. The number of hydrogen-bond donors (Lipinski definition) is 0. The van der Waals surface area contributed by atoms with E-state index in [1.165, 1.54) is 12.1 Å². The number of hydrogen-bond acceptors (Lipinski definition) is 2. The Balaban J connectivity index is 2.01. The lowest BCUT2D eigenvalue weighted by atomic mass is 10.1. The molecule has 0 N–H and O–H groups in total. The molecule has 0 aliphatic carbocycles. The number of nitrogens with zero attached hydrogens (tertiary/aromatic N) is 1. The fourth-order valence-corrected chi connectivity index (χ4v) is 1.77. The van der Waals surface area contributed by atoms with Crippen molar-refractivity contribution in [2.24, 2.45) is 4.99 Å². The van der Waals surface area contributed by atoms with E-state index in [0.29, 0.717) is 12.5 Å². The van der Waals surface area contributed by atoms with Crippen molar-refractivity contribution in [1.29, 1.82) is 0 Å². The molecule has 0 atom stereocenters. The van der Waals surface area contributed by atoms with Crippen molar-refractivity contribution >= 4 is 11.6 Å². The first-order chi connectivity index (χ1) is 8.33. The van der Waals surface area contributed by atoms with Crippen LogP contribution in [0.2, 0.25) is 0 Å². The van der Waals surface area contributed by atoms with Gasteiger partial charge in [-0.05, 0) is 30.3 Å². The van der Waals surface area contributed by atoms with E-state index in [0.717, 1.165) is 16.8 Å². The second kappa shape index (κ2) is 4.01. The van der Waals surface area contributed by atoms with Crippen LogP contribution in [0, 0.1) is 5.82 Å². The summed E-state index contributed by atoms with van der Waals surface area (Å²) in [6, 6.07) is 14.0. The maximum absolute atomic E-state index is 12.8. The Morgan fingerprint density at radius 2 is 1.76 bits per heavy atom. The summed E-state index contributed by atoms with van der Waals surface area (Å²) in [4.78, 5) is 4.42. The largest absolute Gasteiger partial charge is 0.472 e. The molecule has 84 valence electrons. The van der Waals surface area contributed by atoms with Crippen molar-refractivity contribution in [2.75, 3.05) is 0 Å². The Morgan fingerprint density at radius 1 is 1.00 bits per heavy atom. The number of ether oxygens (including phenoxy) is 1. The molecule has 0 spiro atoms. The van der Waals surface area contributed by atoms with Gasteiger partial charge in [0.1, 0.15) is 12.4 Å². The standard InChI is InChI=1S/C14H10FNO/c15-12-7-5-10(6-8-12)14-16-13-4-2-1-3-11(13)9-17-14/h1-8H,9H2. The van der Waals surface area contributed by atoms with E-state index in [2.05, 4.69) is 4.99 Å². The Bertz CT molecular complexity index is 575. The summed E-state index contributed by atoms with van der Waals surface area (Å²) in [6.07, 6.45) is 0. The SMILES string of the molecule is Fc1ccc(C2=Nc3ccccc3CO2)cc1. The van der Waals surface area contributed by atoms with Crippen LogP contribution < -0.4 is 0 Å². The molecule has 3 heteroatoms. The highest BCUT2D eigenvalue weighted by molar-refractivity contribution is 5.96. The van der Waals surface area contributed by atoms with Gasteiger partial charge in [0, 0.05) is 11.1 Å². The number of para-hydroxylation sites is 1. The zero-order valence-corrected chi connectivity index (χ0v) is 9.06. The molecule has 0 amide bonds. The van der Waals surface area contributed by atoms with E-state index in [4.69, 9.17) is 4.74 Å². The maximum atomic E-state index is 12.8. The van der Waals surface area contributed by atoms with Crippen molar-refractivity contribution in [3.05, 3.63) is 65.5 Å². The molecular formula is C14H10FNO. The molecule has 3 rings (SSSR count). The molecule has 0 bridgehead atoms. The summed E-state index contributed by atoms with van der Waals surface area (Å²) in [6.45, 7) is 0.506. The first kappa shape index (κ1) is 10.0. The van der Waals surface area contributed by atoms with Crippen LogP contribution >= 0.6 is 0 Å². The van der Waals surface area contributed by atoms with Crippen molar-refractivity contribution in [3.63, 3.8) is 0 Å². The molecule has 0 fully saturated rings. The van der Waals surface area contributed by atoms with Gasteiger partial charge in [0.05, 0.1) is 5.69 Å². The Kier molecular flexibility index (Phi) is 2.37. The van der Waals surface area contributed by atoms with E-state index in [-0.39, 0.29) is 5.82 Å². The van der Waals surface area contributed by atoms with Crippen molar-refractivity contribution in [1.82, 2.24) is 0 Å².